The molecule has 1 N–H and O–H groups in total. The number of amides is 1. The second kappa shape index (κ2) is 10.0. The van der Waals surface area contributed by atoms with E-state index in [1.165, 1.54) is 29.3 Å². The van der Waals surface area contributed by atoms with Gasteiger partial charge in [0, 0.05) is 4.90 Å². The third-order valence-electron chi connectivity index (χ3n) is 4.23. The van der Waals surface area contributed by atoms with Crippen LogP contribution in [0.3, 0.4) is 0 Å². The number of carbonyl (C=O) groups excluding carboxylic acids is 2. The highest BCUT2D eigenvalue weighted by molar-refractivity contribution is 8.00. The molecule has 1 aliphatic rings. The topological polar surface area (TPSA) is 64.6 Å². The van der Waals surface area contributed by atoms with Crippen molar-refractivity contribution in [1.82, 2.24) is 5.32 Å². The van der Waals surface area contributed by atoms with E-state index in [1.807, 2.05) is 36.4 Å². The van der Waals surface area contributed by atoms with Crippen LogP contribution in [0, 0.1) is 0 Å². The lowest BCUT2D eigenvalue weighted by molar-refractivity contribution is -0.145. The van der Waals surface area contributed by atoms with Crippen molar-refractivity contribution in [1.29, 1.82) is 0 Å². The maximum absolute atomic E-state index is 11.8. The maximum atomic E-state index is 11.8. The average Bonchev–Trinajstić information content (AvgIpc) is 3.17. The van der Waals surface area contributed by atoms with E-state index in [0.29, 0.717) is 13.2 Å². The minimum absolute atomic E-state index is 0.198. The van der Waals surface area contributed by atoms with E-state index in [-0.39, 0.29) is 18.3 Å². The van der Waals surface area contributed by atoms with Gasteiger partial charge in [0.1, 0.15) is 12.4 Å². The molecular formula is C21H23NO4S. The van der Waals surface area contributed by atoms with Gasteiger partial charge in [-0.05, 0) is 54.7 Å². The smallest absolute Gasteiger partial charge is 0.316 e. The number of esters is 1. The first kappa shape index (κ1) is 19.3. The molecule has 142 valence electrons. The Hall–Kier alpha value is -2.47. The lowest BCUT2D eigenvalue weighted by Gasteiger charge is -2.08. The fourth-order valence-corrected chi connectivity index (χ4v) is 3.65. The molecule has 0 heterocycles. The zero-order valence-electron chi connectivity index (χ0n) is 15.1. The number of ether oxygens (including phenoxy) is 2. The Morgan fingerprint density at radius 2 is 1.85 bits per heavy atom. The summed E-state index contributed by atoms with van der Waals surface area (Å²) in [6, 6.07) is 15.7. The molecule has 27 heavy (non-hydrogen) atoms. The molecule has 2 aromatic rings. The van der Waals surface area contributed by atoms with Gasteiger partial charge in [-0.2, -0.15) is 0 Å². The van der Waals surface area contributed by atoms with Gasteiger partial charge >= 0.3 is 5.97 Å². The maximum Gasteiger partial charge on any atom is 0.316 e. The molecule has 6 heteroatoms. The molecular weight excluding hydrogens is 362 g/mol. The quantitative estimate of drug-likeness (QED) is 0.408. The summed E-state index contributed by atoms with van der Waals surface area (Å²) in [6.07, 6.45) is 3.47. The first-order valence-corrected chi connectivity index (χ1v) is 10.0. The van der Waals surface area contributed by atoms with Crippen LogP contribution in [0.25, 0.3) is 0 Å². The third-order valence-corrected chi connectivity index (χ3v) is 5.19. The highest BCUT2D eigenvalue weighted by atomic mass is 32.2. The van der Waals surface area contributed by atoms with E-state index in [4.69, 9.17) is 9.47 Å². The van der Waals surface area contributed by atoms with Gasteiger partial charge in [-0.15, -0.1) is 11.8 Å². The van der Waals surface area contributed by atoms with Gasteiger partial charge in [0.15, 0.2) is 6.61 Å². The number of nitrogens with one attached hydrogen (secondary N) is 1. The molecule has 0 atom stereocenters. The van der Waals surface area contributed by atoms with E-state index < -0.39 is 5.97 Å². The summed E-state index contributed by atoms with van der Waals surface area (Å²) in [4.78, 5) is 24.6. The van der Waals surface area contributed by atoms with Gasteiger partial charge in [0.2, 0.25) is 0 Å². The Labute approximate surface area is 163 Å². The number of benzene rings is 2. The minimum Gasteiger partial charge on any atom is -0.492 e. The Balaban J connectivity index is 1.28. The van der Waals surface area contributed by atoms with Crippen molar-refractivity contribution in [3.8, 4) is 5.75 Å². The SMILES string of the molecule is O=C(COC(=O)CSc1ccc2c(c1)CCC2)NCCOc1ccccc1. The molecule has 3 rings (SSSR count). The van der Waals surface area contributed by atoms with Crippen molar-refractivity contribution in [3.63, 3.8) is 0 Å². The Morgan fingerprint density at radius 1 is 1.04 bits per heavy atom. The summed E-state index contributed by atoms with van der Waals surface area (Å²) in [5, 5.41) is 2.66. The van der Waals surface area contributed by atoms with Gasteiger partial charge in [0.05, 0.1) is 12.3 Å². The van der Waals surface area contributed by atoms with E-state index in [9.17, 15) is 9.59 Å². The summed E-state index contributed by atoms with van der Waals surface area (Å²) >= 11 is 1.44. The van der Waals surface area contributed by atoms with Crippen molar-refractivity contribution < 1.29 is 19.1 Å². The second-order valence-corrected chi connectivity index (χ2v) is 7.29. The number of hydrogen-bond acceptors (Lipinski definition) is 5. The molecule has 0 saturated heterocycles. The number of para-hydroxylation sites is 1. The van der Waals surface area contributed by atoms with Crippen LogP contribution in [0.5, 0.6) is 5.75 Å². The molecule has 0 aromatic heterocycles. The zero-order valence-corrected chi connectivity index (χ0v) is 15.9. The molecule has 0 saturated carbocycles. The zero-order chi connectivity index (χ0) is 18.9. The Kier molecular flexibility index (Phi) is 7.16. The summed E-state index contributed by atoms with van der Waals surface area (Å²) in [6.45, 7) is 0.446. The van der Waals surface area contributed by atoms with E-state index in [2.05, 4.69) is 17.4 Å². The Morgan fingerprint density at radius 3 is 2.70 bits per heavy atom. The highest BCUT2D eigenvalue weighted by Gasteiger charge is 2.12. The van der Waals surface area contributed by atoms with Gasteiger partial charge in [-0.3, -0.25) is 9.59 Å². The van der Waals surface area contributed by atoms with Crippen LogP contribution in [0.15, 0.2) is 53.4 Å². The van der Waals surface area contributed by atoms with Crippen LogP contribution in [0.1, 0.15) is 17.5 Å². The summed E-state index contributed by atoms with van der Waals surface area (Å²) in [5.74, 6) is 0.226. The highest BCUT2D eigenvalue weighted by Crippen LogP contribution is 2.27. The van der Waals surface area contributed by atoms with Gasteiger partial charge in [-0.25, -0.2) is 0 Å². The minimum atomic E-state index is -0.392. The molecule has 0 spiro atoms. The number of carbonyl (C=O) groups is 2. The summed E-state index contributed by atoms with van der Waals surface area (Å²) < 4.78 is 10.5. The molecule has 1 amide bonds. The van der Waals surface area contributed by atoms with Crippen LogP contribution in [0.4, 0.5) is 0 Å². The van der Waals surface area contributed by atoms with Crippen LogP contribution < -0.4 is 10.1 Å². The predicted octanol–water partition coefficient (Wildman–Crippen LogP) is 3.01. The largest absolute Gasteiger partial charge is 0.492 e. The van der Waals surface area contributed by atoms with E-state index in [0.717, 1.165) is 23.5 Å². The van der Waals surface area contributed by atoms with Crippen molar-refractivity contribution in [2.45, 2.75) is 24.2 Å². The molecule has 2 aromatic carbocycles. The van der Waals surface area contributed by atoms with Crippen LogP contribution in [-0.4, -0.2) is 37.4 Å². The lowest BCUT2D eigenvalue weighted by atomic mass is 10.1. The third kappa shape index (κ3) is 6.32. The van der Waals surface area contributed by atoms with Crippen LogP contribution >= 0.6 is 11.8 Å². The van der Waals surface area contributed by atoms with Crippen molar-refractivity contribution in [2.75, 3.05) is 25.5 Å². The fourth-order valence-electron chi connectivity index (χ4n) is 2.90. The van der Waals surface area contributed by atoms with Crippen LogP contribution in [0.2, 0.25) is 0 Å². The van der Waals surface area contributed by atoms with Crippen molar-refractivity contribution in [3.05, 3.63) is 59.7 Å². The summed E-state index contributed by atoms with van der Waals surface area (Å²) in [5.41, 5.74) is 2.79. The first-order chi connectivity index (χ1) is 13.2. The van der Waals surface area contributed by atoms with Crippen molar-refractivity contribution >= 4 is 23.6 Å². The predicted molar refractivity (Wildman–Crippen MR) is 105 cm³/mol. The summed E-state index contributed by atoms with van der Waals surface area (Å²) in [7, 11) is 0. The van der Waals surface area contributed by atoms with E-state index >= 15 is 0 Å². The number of hydrogen-bond donors (Lipinski definition) is 1. The molecule has 0 radical (unpaired) electrons. The van der Waals surface area contributed by atoms with E-state index in [1.54, 1.807) is 0 Å². The van der Waals surface area contributed by atoms with Gasteiger partial charge in [-0.1, -0.05) is 24.3 Å². The molecule has 0 bridgehead atoms. The molecule has 5 nitrogen and oxygen atoms in total. The number of fused-ring (bicyclic) bond motifs is 1. The molecule has 0 aliphatic heterocycles. The second-order valence-electron chi connectivity index (χ2n) is 6.24. The monoisotopic (exact) mass is 385 g/mol. The van der Waals surface area contributed by atoms with Gasteiger partial charge < -0.3 is 14.8 Å². The number of rotatable bonds is 9. The van der Waals surface area contributed by atoms with Crippen LogP contribution in [-0.2, 0) is 27.2 Å². The van der Waals surface area contributed by atoms with Gasteiger partial charge in [0.25, 0.3) is 5.91 Å². The fraction of sp³-hybridized carbons (Fsp3) is 0.333. The molecule has 1 aliphatic carbocycles. The standard InChI is InChI=1S/C21H23NO4S/c23-20(22-11-12-25-18-7-2-1-3-8-18)14-26-21(24)15-27-19-10-9-16-5-4-6-17(16)13-19/h1-3,7-10,13H,4-6,11-12,14-15H2,(H,22,23). The number of aryl methyl sites for hydroxylation is 2. The lowest BCUT2D eigenvalue weighted by Crippen LogP contribution is -2.32. The normalized spacial score (nSPS) is 12.3. The first-order valence-electron chi connectivity index (χ1n) is 9.05. The number of thioether (sulfide) groups is 1. The molecule has 0 unspecified atom stereocenters. The van der Waals surface area contributed by atoms with Crippen molar-refractivity contribution in [2.24, 2.45) is 0 Å². The Bertz CT molecular complexity index is 779. The average molecular weight is 385 g/mol. The molecule has 0 fully saturated rings.